The molecule has 1 aromatic carbocycles. The number of amides is 1. The molecule has 2 aliphatic rings. The van der Waals surface area contributed by atoms with E-state index < -0.39 is 0 Å². The lowest BCUT2D eigenvalue weighted by molar-refractivity contribution is -0.112. The summed E-state index contributed by atoms with van der Waals surface area (Å²) < 4.78 is 2.10. The molecule has 0 aliphatic heterocycles. The molecule has 0 fully saturated rings. The van der Waals surface area contributed by atoms with Crippen LogP contribution in [0.25, 0.3) is 27.9 Å². The molecular weight excluding hydrogens is 472 g/mol. The smallest absolute Gasteiger partial charge is 0.250 e. The molecule has 6 rings (SSSR count). The maximum Gasteiger partial charge on any atom is 0.250 e. The van der Waals surface area contributed by atoms with Crippen molar-refractivity contribution in [3.8, 4) is 11.3 Å². The fourth-order valence-electron chi connectivity index (χ4n) is 6.14. The summed E-state index contributed by atoms with van der Waals surface area (Å²) in [7, 11) is 2.02. The minimum absolute atomic E-state index is 0.188. The first-order chi connectivity index (χ1) is 18.2. The van der Waals surface area contributed by atoms with Crippen molar-refractivity contribution in [1.29, 1.82) is 0 Å². The van der Waals surface area contributed by atoms with Gasteiger partial charge in [0.15, 0.2) is 0 Å². The van der Waals surface area contributed by atoms with Crippen LogP contribution < -0.4 is 11.1 Å². The van der Waals surface area contributed by atoms with Gasteiger partial charge in [0.05, 0.1) is 11.1 Å². The number of nitrogens with two attached hydrogens (primary N) is 1. The zero-order chi connectivity index (χ0) is 26.6. The van der Waals surface area contributed by atoms with Crippen molar-refractivity contribution in [1.82, 2.24) is 19.5 Å². The number of nitrogens with one attached hydrogen (secondary N) is 1. The standard InChI is InChI=1S/C31H32N6O/c1-18(2)30(38)36-23-9-7-21(8-10-23)27-25(26-28(32)33-17-34-29(26)37(27)4)20-11-13-31(14-12-20)15-22-6-5-19(3)35-24(22)16-31/h5-11,17H,1,12-16H2,2-4H3,(H,36,38)(H2,32,33,34)/t31-/m0/s1. The van der Waals surface area contributed by atoms with Gasteiger partial charge in [0.25, 0.3) is 5.91 Å². The number of nitrogen functional groups attached to an aromatic ring is 1. The second kappa shape index (κ2) is 8.94. The molecule has 1 atom stereocenters. The summed E-state index contributed by atoms with van der Waals surface area (Å²) in [5.41, 5.74) is 17.0. The van der Waals surface area contributed by atoms with Crippen LogP contribution >= 0.6 is 0 Å². The van der Waals surface area contributed by atoms with E-state index in [2.05, 4.69) is 51.6 Å². The Kier molecular flexibility index (Phi) is 5.67. The van der Waals surface area contributed by atoms with Gasteiger partial charge in [-0.05, 0) is 86.3 Å². The number of hydrogen-bond donors (Lipinski definition) is 2. The minimum atomic E-state index is -0.188. The van der Waals surface area contributed by atoms with Crippen molar-refractivity contribution in [3.63, 3.8) is 0 Å². The Morgan fingerprint density at radius 1 is 1.13 bits per heavy atom. The molecule has 2 aliphatic carbocycles. The molecule has 7 nitrogen and oxygen atoms in total. The third-order valence-corrected chi connectivity index (χ3v) is 8.14. The van der Waals surface area contributed by atoms with Gasteiger partial charge in [0.1, 0.15) is 17.8 Å². The molecule has 1 amide bonds. The number of aryl methyl sites for hydroxylation is 2. The lowest BCUT2D eigenvalue weighted by atomic mass is 9.72. The molecule has 0 saturated heterocycles. The van der Waals surface area contributed by atoms with Crippen LogP contribution in [0, 0.1) is 12.3 Å². The molecule has 1 spiro atoms. The summed E-state index contributed by atoms with van der Waals surface area (Å²) in [6.07, 6.45) is 9.13. The number of aromatic nitrogens is 4. The average Bonchev–Trinajstić information content (AvgIpc) is 3.40. The van der Waals surface area contributed by atoms with Crippen LogP contribution in [-0.4, -0.2) is 25.4 Å². The number of hydrogen-bond acceptors (Lipinski definition) is 5. The Bertz CT molecular complexity index is 1650. The van der Waals surface area contributed by atoms with E-state index in [1.54, 1.807) is 6.92 Å². The number of anilines is 2. The van der Waals surface area contributed by atoms with Crippen molar-refractivity contribution in [2.45, 2.75) is 46.0 Å². The van der Waals surface area contributed by atoms with Gasteiger partial charge in [-0.25, -0.2) is 9.97 Å². The van der Waals surface area contributed by atoms with Gasteiger partial charge >= 0.3 is 0 Å². The van der Waals surface area contributed by atoms with Crippen molar-refractivity contribution in [3.05, 3.63) is 83.5 Å². The molecule has 0 saturated carbocycles. The Balaban J connectivity index is 1.40. The first-order valence-electron chi connectivity index (χ1n) is 13.1. The van der Waals surface area contributed by atoms with Gasteiger partial charge in [-0.1, -0.05) is 30.9 Å². The first kappa shape index (κ1) is 24.1. The third kappa shape index (κ3) is 3.99. The molecule has 192 valence electrons. The van der Waals surface area contributed by atoms with Crippen LogP contribution in [0.3, 0.4) is 0 Å². The summed E-state index contributed by atoms with van der Waals surface area (Å²) in [6.45, 7) is 7.48. The van der Waals surface area contributed by atoms with E-state index in [1.807, 2.05) is 31.3 Å². The first-order valence-corrected chi connectivity index (χ1v) is 13.1. The molecular formula is C31H32N6O. The molecule has 3 aromatic heterocycles. The third-order valence-electron chi connectivity index (χ3n) is 8.14. The molecule has 38 heavy (non-hydrogen) atoms. The number of benzene rings is 1. The van der Waals surface area contributed by atoms with Gasteiger partial charge < -0.3 is 15.6 Å². The highest BCUT2D eigenvalue weighted by atomic mass is 16.1. The van der Waals surface area contributed by atoms with E-state index in [9.17, 15) is 4.79 Å². The molecule has 3 N–H and O–H groups in total. The van der Waals surface area contributed by atoms with E-state index >= 15 is 0 Å². The van der Waals surface area contributed by atoms with Crippen LogP contribution in [0.1, 0.15) is 48.7 Å². The second-order valence-corrected chi connectivity index (χ2v) is 10.9. The lowest BCUT2D eigenvalue weighted by Gasteiger charge is -2.32. The molecule has 7 heteroatoms. The number of nitrogens with zero attached hydrogens (tertiary/aromatic N) is 4. The van der Waals surface area contributed by atoms with Crippen LogP contribution in [0.2, 0.25) is 0 Å². The largest absolute Gasteiger partial charge is 0.383 e. The van der Waals surface area contributed by atoms with E-state index in [-0.39, 0.29) is 11.3 Å². The highest BCUT2D eigenvalue weighted by Gasteiger charge is 2.39. The van der Waals surface area contributed by atoms with Crippen LogP contribution in [-0.2, 0) is 24.7 Å². The highest BCUT2D eigenvalue weighted by molar-refractivity contribution is 6.05. The van der Waals surface area contributed by atoms with Crippen molar-refractivity contribution in [2.24, 2.45) is 12.5 Å². The zero-order valence-corrected chi connectivity index (χ0v) is 22.1. The normalized spacial score (nSPS) is 18.4. The van der Waals surface area contributed by atoms with E-state index in [0.717, 1.165) is 71.3 Å². The number of carbonyl (C=O) groups is 1. The van der Waals surface area contributed by atoms with Gasteiger partial charge in [-0.2, -0.15) is 0 Å². The zero-order valence-electron chi connectivity index (χ0n) is 22.1. The summed E-state index contributed by atoms with van der Waals surface area (Å²) >= 11 is 0. The lowest BCUT2D eigenvalue weighted by Crippen LogP contribution is -2.23. The Labute approximate surface area is 222 Å². The molecule has 4 aromatic rings. The number of carbonyl (C=O) groups excluding carboxylic acids is 1. The van der Waals surface area contributed by atoms with Gasteiger partial charge in [-0.3, -0.25) is 9.78 Å². The van der Waals surface area contributed by atoms with Crippen molar-refractivity contribution in [2.75, 3.05) is 11.1 Å². The predicted molar refractivity (Wildman–Crippen MR) is 152 cm³/mol. The molecule has 0 unspecified atom stereocenters. The topological polar surface area (TPSA) is 98.7 Å². The van der Waals surface area contributed by atoms with E-state index in [1.165, 1.54) is 23.2 Å². The fraction of sp³-hybridized carbons (Fsp3) is 0.290. The number of fused-ring (bicyclic) bond motifs is 2. The second-order valence-electron chi connectivity index (χ2n) is 10.9. The van der Waals surface area contributed by atoms with Gasteiger partial charge in [-0.15, -0.1) is 0 Å². The Morgan fingerprint density at radius 2 is 1.92 bits per heavy atom. The molecule has 0 bridgehead atoms. The highest BCUT2D eigenvalue weighted by Crippen LogP contribution is 2.50. The van der Waals surface area contributed by atoms with Crippen molar-refractivity contribution >= 4 is 34.0 Å². The van der Waals surface area contributed by atoms with Crippen molar-refractivity contribution < 1.29 is 4.79 Å². The molecule has 3 heterocycles. The summed E-state index contributed by atoms with van der Waals surface area (Å²) in [6, 6.07) is 12.3. The van der Waals surface area contributed by atoms with Crippen LogP contribution in [0.15, 0.2) is 61.0 Å². The predicted octanol–water partition coefficient (Wildman–Crippen LogP) is 5.79. The average molecular weight is 505 g/mol. The fourth-order valence-corrected chi connectivity index (χ4v) is 6.14. The minimum Gasteiger partial charge on any atom is -0.383 e. The summed E-state index contributed by atoms with van der Waals surface area (Å²) in [5.74, 6) is 0.304. The maximum absolute atomic E-state index is 12.1. The number of allylic oxidation sites excluding steroid dienone is 2. The Hall–Kier alpha value is -4.26. The molecule has 0 radical (unpaired) electrons. The van der Waals surface area contributed by atoms with Gasteiger partial charge in [0.2, 0.25) is 0 Å². The van der Waals surface area contributed by atoms with E-state index in [0.29, 0.717) is 11.4 Å². The summed E-state index contributed by atoms with van der Waals surface area (Å²) in [4.78, 5) is 25.9. The Morgan fingerprint density at radius 3 is 2.63 bits per heavy atom. The number of pyridine rings is 1. The van der Waals surface area contributed by atoms with Crippen LogP contribution in [0.4, 0.5) is 11.5 Å². The van der Waals surface area contributed by atoms with Gasteiger partial charge in [0, 0.05) is 35.3 Å². The monoisotopic (exact) mass is 504 g/mol. The quantitative estimate of drug-likeness (QED) is 0.343. The number of rotatable bonds is 4. The summed E-state index contributed by atoms with van der Waals surface area (Å²) in [5, 5.41) is 3.78. The maximum atomic E-state index is 12.1. The van der Waals surface area contributed by atoms with Crippen LogP contribution in [0.5, 0.6) is 0 Å². The van der Waals surface area contributed by atoms with E-state index in [4.69, 9.17) is 10.7 Å². The SMILES string of the molecule is C=C(C)C(=O)Nc1ccc(-c2c(C3=CC[C@]4(CC3)Cc3ccc(C)nc3C4)c3c(N)ncnc3n2C)cc1.